The van der Waals surface area contributed by atoms with Crippen LogP contribution in [0.2, 0.25) is 10.0 Å². The molecule has 2 aromatic heterocycles. The first-order valence-electron chi connectivity index (χ1n) is 5.22. The second-order valence-electron chi connectivity index (χ2n) is 3.59. The van der Waals surface area contributed by atoms with Crippen molar-refractivity contribution >= 4 is 34.8 Å². The molecule has 8 heteroatoms. The summed E-state index contributed by atoms with van der Waals surface area (Å²) in [6.07, 6.45) is 1.63. The molecule has 0 saturated carbocycles. The molecule has 0 radical (unpaired) electrons. The summed E-state index contributed by atoms with van der Waals surface area (Å²) < 4.78 is 1.63. The van der Waals surface area contributed by atoms with Crippen molar-refractivity contribution in [2.24, 2.45) is 7.05 Å². The van der Waals surface area contributed by atoms with Gasteiger partial charge in [-0.2, -0.15) is 5.10 Å². The van der Waals surface area contributed by atoms with Gasteiger partial charge in [0, 0.05) is 14.1 Å². The van der Waals surface area contributed by atoms with E-state index in [1.165, 1.54) is 0 Å². The van der Waals surface area contributed by atoms with Crippen molar-refractivity contribution in [1.29, 1.82) is 0 Å². The lowest BCUT2D eigenvalue weighted by Gasteiger charge is -2.09. The number of halogens is 2. The van der Waals surface area contributed by atoms with Crippen LogP contribution in [-0.4, -0.2) is 26.8 Å². The van der Waals surface area contributed by atoms with Crippen LogP contribution in [0, 0.1) is 0 Å². The van der Waals surface area contributed by atoms with Crippen molar-refractivity contribution < 1.29 is 0 Å². The molecular weight excluding hydrogens is 275 g/mol. The zero-order chi connectivity index (χ0) is 13.1. The molecule has 0 aliphatic rings. The SMILES string of the molecule is CNc1nc(NCc2ncn(C)n2)c(Cl)cc1Cl. The Hall–Kier alpha value is -1.53. The van der Waals surface area contributed by atoms with Gasteiger partial charge in [0.1, 0.15) is 18.0 Å². The Morgan fingerprint density at radius 3 is 2.61 bits per heavy atom. The zero-order valence-corrected chi connectivity index (χ0v) is 11.4. The molecule has 0 saturated heterocycles. The molecule has 18 heavy (non-hydrogen) atoms. The normalized spacial score (nSPS) is 10.4. The number of hydrogen-bond acceptors (Lipinski definition) is 5. The van der Waals surface area contributed by atoms with Crippen LogP contribution in [0.3, 0.4) is 0 Å². The van der Waals surface area contributed by atoms with E-state index in [0.717, 1.165) is 0 Å². The largest absolute Gasteiger partial charge is 0.372 e. The summed E-state index contributed by atoms with van der Waals surface area (Å²) in [6.45, 7) is 0.443. The van der Waals surface area contributed by atoms with E-state index in [1.807, 2.05) is 7.05 Å². The second-order valence-corrected chi connectivity index (χ2v) is 4.40. The van der Waals surface area contributed by atoms with Gasteiger partial charge >= 0.3 is 0 Å². The maximum atomic E-state index is 6.05. The molecule has 2 N–H and O–H groups in total. The van der Waals surface area contributed by atoms with Crippen LogP contribution in [0.15, 0.2) is 12.4 Å². The van der Waals surface area contributed by atoms with Crippen LogP contribution < -0.4 is 10.6 Å². The molecule has 2 rings (SSSR count). The van der Waals surface area contributed by atoms with Gasteiger partial charge in [0.25, 0.3) is 0 Å². The summed E-state index contributed by atoms with van der Waals surface area (Å²) in [4.78, 5) is 8.36. The molecule has 96 valence electrons. The number of pyridine rings is 1. The lowest BCUT2D eigenvalue weighted by atomic mass is 10.4. The predicted octanol–water partition coefficient (Wildman–Crippen LogP) is 2.17. The highest BCUT2D eigenvalue weighted by molar-refractivity contribution is 6.37. The minimum Gasteiger partial charge on any atom is -0.372 e. The Kier molecular flexibility index (Phi) is 3.88. The third kappa shape index (κ3) is 2.83. The fourth-order valence-corrected chi connectivity index (χ4v) is 1.91. The molecule has 0 fully saturated rings. The molecule has 0 spiro atoms. The molecule has 0 bridgehead atoms. The minimum atomic E-state index is 0.443. The molecule has 0 amide bonds. The monoisotopic (exact) mass is 286 g/mol. The maximum Gasteiger partial charge on any atom is 0.169 e. The van der Waals surface area contributed by atoms with E-state index in [0.29, 0.717) is 34.1 Å². The Labute approximate surface area is 114 Å². The van der Waals surface area contributed by atoms with E-state index in [9.17, 15) is 0 Å². The topological polar surface area (TPSA) is 67.7 Å². The fraction of sp³-hybridized carbons (Fsp3) is 0.300. The van der Waals surface area contributed by atoms with Crippen LogP contribution in [0.25, 0.3) is 0 Å². The highest BCUT2D eigenvalue weighted by Crippen LogP contribution is 2.28. The Balaban J connectivity index is 2.13. The van der Waals surface area contributed by atoms with Gasteiger partial charge in [0.2, 0.25) is 0 Å². The van der Waals surface area contributed by atoms with E-state index < -0.39 is 0 Å². The quantitative estimate of drug-likeness (QED) is 0.902. The van der Waals surface area contributed by atoms with Gasteiger partial charge in [0.15, 0.2) is 5.82 Å². The summed E-state index contributed by atoms with van der Waals surface area (Å²) in [7, 11) is 3.55. The third-order valence-corrected chi connectivity index (χ3v) is 2.80. The van der Waals surface area contributed by atoms with Crippen LogP contribution >= 0.6 is 23.2 Å². The number of aryl methyl sites for hydroxylation is 1. The maximum absolute atomic E-state index is 6.05. The molecule has 0 aromatic carbocycles. The second kappa shape index (κ2) is 5.41. The van der Waals surface area contributed by atoms with Gasteiger partial charge in [0.05, 0.1) is 16.6 Å². The number of nitrogens with zero attached hydrogens (tertiary/aromatic N) is 4. The van der Waals surface area contributed by atoms with Crippen molar-refractivity contribution in [3.05, 3.63) is 28.3 Å². The summed E-state index contributed by atoms with van der Waals surface area (Å²) >= 11 is 12.0. The summed E-state index contributed by atoms with van der Waals surface area (Å²) in [5, 5.41) is 11.0. The lowest BCUT2D eigenvalue weighted by Crippen LogP contribution is -2.06. The first-order valence-corrected chi connectivity index (χ1v) is 5.98. The van der Waals surface area contributed by atoms with Crippen molar-refractivity contribution in [3.63, 3.8) is 0 Å². The van der Waals surface area contributed by atoms with E-state index in [2.05, 4.69) is 25.7 Å². The Morgan fingerprint density at radius 1 is 1.28 bits per heavy atom. The van der Waals surface area contributed by atoms with Crippen molar-refractivity contribution in [1.82, 2.24) is 19.7 Å². The molecule has 0 atom stereocenters. The number of rotatable bonds is 4. The average molecular weight is 287 g/mol. The van der Waals surface area contributed by atoms with Crippen LogP contribution in [0.4, 0.5) is 11.6 Å². The molecule has 0 aliphatic heterocycles. The van der Waals surface area contributed by atoms with Gasteiger partial charge in [-0.25, -0.2) is 9.97 Å². The third-order valence-electron chi connectivity index (χ3n) is 2.23. The average Bonchev–Trinajstić information content (AvgIpc) is 2.74. The molecular formula is C10H12Cl2N6. The molecule has 6 nitrogen and oxygen atoms in total. The van der Waals surface area contributed by atoms with Crippen LogP contribution in [0.1, 0.15) is 5.82 Å². The first-order chi connectivity index (χ1) is 8.60. The van der Waals surface area contributed by atoms with Gasteiger partial charge < -0.3 is 10.6 Å². The van der Waals surface area contributed by atoms with Crippen molar-refractivity contribution in [2.45, 2.75) is 6.54 Å². The summed E-state index contributed by atoms with van der Waals surface area (Å²) in [6, 6.07) is 1.64. The van der Waals surface area contributed by atoms with E-state index in [4.69, 9.17) is 23.2 Å². The molecule has 0 unspecified atom stereocenters. The van der Waals surface area contributed by atoms with E-state index >= 15 is 0 Å². The van der Waals surface area contributed by atoms with Gasteiger partial charge in [-0.3, -0.25) is 4.68 Å². The number of hydrogen-bond donors (Lipinski definition) is 2. The molecule has 2 aromatic rings. The number of aromatic nitrogens is 4. The fourth-order valence-electron chi connectivity index (χ4n) is 1.39. The van der Waals surface area contributed by atoms with E-state index in [1.54, 1.807) is 24.1 Å². The lowest BCUT2D eigenvalue weighted by molar-refractivity contribution is 0.747. The standard InChI is InChI=1S/C10H12Cl2N6/c1-13-9-6(11)3-7(12)10(16-9)14-4-8-15-5-18(2)17-8/h3,5H,4H2,1-2H3,(H2,13,14,16). The smallest absolute Gasteiger partial charge is 0.169 e. The summed E-state index contributed by atoms with van der Waals surface area (Å²) in [5.74, 6) is 1.77. The van der Waals surface area contributed by atoms with Crippen molar-refractivity contribution in [2.75, 3.05) is 17.7 Å². The van der Waals surface area contributed by atoms with Gasteiger partial charge in [-0.1, -0.05) is 23.2 Å². The summed E-state index contributed by atoms with van der Waals surface area (Å²) in [5.41, 5.74) is 0. The molecule has 2 heterocycles. The zero-order valence-electron chi connectivity index (χ0n) is 9.91. The van der Waals surface area contributed by atoms with Gasteiger partial charge in [-0.05, 0) is 6.07 Å². The highest BCUT2D eigenvalue weighted by Gasteiger charge is 2.08. The highest BCUT2D eigenvalue weighted by atomic mass is 35.5. The van der Waals surface area contributed by atoms with Gasteiger partial charge in [-0.15, -0.1) is 0 Å². The van der Waals surface area contributed by atoms with Crippen LogP contribution in [-0.2, 0) is 13.6 Å². The Morgan fingerprint density at radius 2 is 2.00 bits per heavy atom. The number of nitrogens with one attached hydrogen (secondary N) is 2. The predicted molar refractivity (Wildman–Crippen MR) is 72.1 cm³/mol. The minimum absolute atomic E-state index is 0.443. The number of anilines is 2. The van der Waals surface area contributed by atoms with Crippen LogP contribution in [0.5, 0.6) is 0 Å². The Bertz CT molecular complexity index is 553. The molecule has 0 aliphatic carbocycles. The first kappa shape index (κ1) is 12.9. The van der Waals surface area contributed by atoms with E-state index in [-0.39, 0.29) is 0 Å². The van der Waals surface area contributed by atoms with Crippen molar-refractivity contribution in [3.8, 4) is 0 Å².